The number of piperidine rings is 1. The van der Waals surface area contributed by atoms with E-state index in [1.54, 1.807) is 23.1 Å². The first-order valence-corrected chi connectivity index (χ1v) is 9.00. The lowest BCUT2D eigenvalue weighted by molar-refractivity contribution is -0.134. The van der Waals surface area contributed by atoms with Crippen molar-refractivity contribution in [3.05, 3.63) is 23.2 Å². The fraction of sp³-hybridized carbons (Fsp3) is 0.438. The third-order valence-electron chi connectivity index (χ3n) is 4.09. The molecular weight excluding hydrogens is 350 g/mol. The maximum absolute atomic E-state index is 12.6. The minimum absolute atomic E-state index is 0.0359. The Bertz CT molecular complexity index is 779. The van der Waals surface area contributed by atoms with Crippen molar-refractivity contribution in [3.63, 3.8) is 0 Å². The molecule has 24 heavy (non-hydrogen) atoms. The third-order valence-corrected chi connectivity index (χ3v) is 5.26. The molecule has 2 amide bonds. The Balaban J connectivity index is 1.67. The molecule has 2 atom stereocenters. The van der Waals surface area contributed by atoms with Crippen LogP contribution < -0.4 is 5.73 Å². The molecule has 3 rings (SSSR count). The summed E-state index contributed by atoms with van der Waals surface area (Å²) in [6.45, 7) is 2.85. The van der Waals surface area contributed by atoms with E-state index in [2.05, 4.69) is 4.98 Å². The van der Waals surface area contributed by atoms with Gasteiger partial charge in [0.05, 0.1) is 11.2 Å². The second kappa shape index (κ2) is 7.03. The Labute approximate surface area is 148 Å². The van der Waals surface area contributed by atoms with Gasteiger partial charge in [0.25, 0.3) is 5.22 Å². The van der Waals surface area contributed by atoms with Crippen LogP contribution >= 0.6 is 23.4 Å². The van der Waals surface area contributed by atoms with Gasteiger partial charge in [0.15, 0.2) is 5.58 Å². The molecule has 0 aliphatic carbocycles. The van der Waals surface area contributed by atoms with Crippen molar-refractivity contribution in [2.45, 2.75) is 30.2 Å². The number of hydrogen-bond acceptors (Lipinski definition) is 5. The molecule has 0 bridgehead atoms. The number of nitrogens with zero attached hydrogens (tertiary/aromatic N) is 2. The number of hydrogen-bond donors (Lipinski definition) is 1. The summed E-state index contributed by atoms with van der Waals surface area (Å²) in [7, 11) is 0. The number of carbonyl (C=O) groups excluding carboxylic acids is 2. The van der Waals surface area contributed by atoms with Gasteiger partial charge >= 0.3 is 0 Å². The highest BCUT2D eigenvalue weighted by atomic mass is 35.5. The van der Waals surface area contributed by atoms with Gasteiger partial charge in [-0.25, -0.2) is 4.98 Å². The van der Waals surface area contributed by atoms with E-state index >= 15 is 0 Å². The normalized spacial score (nSPS) is 19.4. The van der Waals surface area contributed by atoms with Crippen molar-refractivity contribution in [1.29, 1.82) is 0 Å². The van der Waals surface area contributed by atoms with Gasteiger partial charge in [-0.3, -0.25) is 9.59 Å². The lowest BCUT2D eigenvalue weighted by atomic mass is 9.97. The van der Waals surface area contributed by atoms with Crippen LogP contribution in [0.3, 0.4) is 0 Å². The monoisotopic (exact) mass is 367 g/mol. The Hall–Kier alpha value is -1.73. The first-order valence-electron chi connectivity index (χ1n) is 7.75. The summed E-state index contributed by atoms with van der Waals surface area (Å²) in [6.07, 6.45) is 1.53. The Morgan fingerprint density at radius 3 is 3.04 bits per heavy atom. The molecule has 2 aromatic rings. The van der Waals surface area contributed by atoms with Crippen molar-refractivity contribution in [1.82, 2.24) is 9.88 Å². The van der Waals surface area contributed by atoms with E-state index < -0.39 is 0 Å². The highest BCUT2D eigenvalue weighted by molar-refractivity contribution is 8.00. The van der Waals surface area contributed by atoms with Gasteiger partial charge < -0.3 is 15.1 Å². The van der Waals surface area contributed by atoms with Gasteiger partial charge in [0.2, 0.25) is 11.8 Å². The molecule has 2 heterocycles. The van der Waals surface area contributed by atoms with Crippen molar-refractivity contribution < 1.29 is 14.0 Å². The predicted molar refractivity (Wildman–Crippen MR) is 92.8 cm³/mol. The molecule has 2 unspecified atom stereocenters. The van der Waals surface area contributed by atoms with Crippen molar-refractivity contribution >= 4 is 46.3 Å². The van der Waals surface area contributed by atoms with Crippen molar-refractivity contribution in [2.75, 3.05) is 13.1 Å². The lowest BCUT2D eigenvalue weighted by Crippen LogP contribution is -2.46. The van der Waals surface area contributed by atoms with E-state index in [1.165, 1.54) is 11.8 Å². The number of rotatable bonds is 4. The van der Waals surface area contributed by atoms with E-state index in [4.69, 9.17) is 21.8 Å². The molecule has 8 heteroatoms. The standard InChI is InChI=1S/C16H18ClN3O3S/c1-9(15(22)20-6-2-3-10(8-20)14(18)21)24-16-19-12-7-11(17)4-5-13(12)23-16/h4-5,7,9-10H,2-3,6,8H2,1H3,(H2,18,21). The number of thioether (sulfide) groups is 1. The largest absolute Gasteiger partial charge is 0.431 e. The number of likely N-dealkylation sites (tertiary alicyclic amines) is 1. The summed E-state index contributed by atoms with van der Waals surface area (Å²) in [5.74, 6) is -0.638. The number of benzene rings is 1. The zero-order valence-corrected chi connectivity index (χ0v) is 14.8. The average molecular weight is 368 g/mol. The van der Waals surface area contributed by atoms with Gasteiger partial charge in [-0.1, -0.05) is 23.4 Å². The first kappa shape index (κ1) is 17.1. The number of halogens is 1. The Kier molecular flexibility index (Phi) is 5.01. The van der Waals surface area contributed by atoms with Crippen molar-refractivity contribution in [2.24, 2.45) is 11.7 Å². The van der Waals surface area contributed by atoms with Crippen LogP contribution in [0, 0.1) is 5.92 Å². The number of nitrogens with two attached hydrogens (primary N) is 1. The van der Waals surface area contributed by atoms with Crippen LogP contribution in [0.4, 0.5) is 0 Å². The van der Waals surface area contributed by atoms with Crippen LogP contribution in [0.15, 0.2) is 27.8 Å². The van der Waals surface area contributed by atoms with Gasteiger partial charge in [0.1, 0.15) is 5.52 Å². The maximum atomic E-state index is 12.6. The van der Waals surface area contributed by atoms with Crippen LogP contribution in [0.2, 0.25) is 5.02 Å². The molecule has 0 saturated carbocycles. The summed E-state index contributed by atoms with van der Waals surface area (Å²) in [5.41, 5.74) is 6.66. The molecule has 2 N–H and O–H groups in total. The number of carbonyl (C=O) groups is 2. The molecule has 6 nitrogen and oxygen atoms in total. The zero-order chi connectivity index (χ0) is 17.3. The predicted octanol–water partition coefficient (Wildman–Crippen LogP) is 2.69. The lowest BCUT2D eigenvalue weighted by Gasteiger charge is -2.32. The summed E-state index contributed by atoms with van der Waals surface area (Å²) < 4.78 is 5.64. The molecule has 1 saturated heterocycles. The molecular formula is C16H18ClN3O3S. The van der Waals surface area contributed by atoms with Crippen LogP contribution in [-0.2, 0) is 9.59 Å². The third kappa shape index (κ3) is 3.67. The molecule has 1 aromatic carbocycles. The summed E-state index contributed by atoms with van der Waals surface area (Å²) in [5, 5.41) is 0.652. The topological polar surface area (TPSA) is 89.4 Å². The van der Waals surface area contributed by atoms with Gasteiger partial charge in [-0.15, -0.1) is 0 Å². The van der Waals surface area contributed by atoms with E-state index in [9.17, 15) is 9.59 Å². The fourth-order valence-corrected chi connectivity index (χ4v) is 3.81. The van der Waals surface area contributed by atoms with E-state index in [-0.39, 0.29) is 23.0 Å². The minimum Gasteiger partial charge on any atom is -0.431 e. The van der Waals surface area contributed by atoms with Gasteiger partial charge in [-0.05, 0) is 38.0 Å². The van der Waals surface area contributed by atoms with Crippen LogP contribution in [0.25, 0.3) is 11.1 Å². The number of fused-ring (bicyclic) bond motifs is 1. The fourth-order valence-electron chi connectivity index (χ4n) is 2.80. The van der Waals surface area contributed by atoms with Crippen LogP contribution in [0.1, 0.15) is 19.8 Å². The smallest absolute Gasteiger partial charge is 0.257 e. The first-order chi connectivity index (χ1) is 11.4. The van der Waals surface area contributed by atoms with Gasteiger partial charge in [0, 0.05) is 18.1 Å². The van der Waals surface area contributed by atoms with Gasteiger partial charge in [-0.2, -0.15) is 0 Å². The quantitative estimate of drug-likeness (QED) is 0.839. The maximum Gasteiger partial charge on any atom is 0.257 e. The summed E-state index contributed by atoms with van der Waals surface area (Å²) >= 11 is 7.20. The minimum atomic E-state index is -0.361. The Morgan fingerprint density at radius 1 is 1.50 bits per heavy atom. The second-order valence-corrected chi connectivity index (χ2v) is 7.61. The number of amides is 2. The van der Waals surface area contributed by atoms with Crippen LogP contribution in [0.5, 0.6) is 0 Å². The number of primary amides is 1. The average Bonchev–Trinajstić information content (AvgIpc) is 2.95. The SMILES string of the molecule is CC(Sc1nc2cc(Cl)ccc2o1)C(=O)N1CCCC(C(N)=O)C1. The molecule has 1 fully saturated rings. The second-order valence-electron chi connectivity index (χ2n) is 5.88. The van der Waals surface area contributed by atoms with Crippen molar-refractivity contribution in [3.8, 4) is 0 Å². The molecule has 0 spiro atoms. The highest BCUT2D eigenvalue weighted by Gasteiger charge is 2.30. The van der Waals surface area contributed by atoms with E-state index in [0.29, 0.717) is 34.4 Å². The molecule has 128 valence electrons. The van der Waals surface area contributed by atoms with E-state index in [1.807, 2.05) is 6.92 Å². The summed E-state index contributed by atoms with van der Waals surface area (Å²) in [4.78, 5) is 30.0. The number of oxazole rings is 1. The number of aromatic nitrogens is 1. The highest BCUT2D eigenvalue weighted by Crippen LogP contribution is 2.29. The summed E-state index contributed by atoms with van der Waals surface area (Å²) in [6, 6.07) is 5.21. The van der Waals surface area contributed by atoms with E-state index in [0.717, 1.165) is 12.8 Å². The molecule has 1 aliphatic rings. The molecule has 1 aliphatic heterocycles. The molecule has 1 aromatic heterocycles. The van der Waals surface area contributed by atoms with Crippen LogP contribution in [-0.4, -0.2) is 40.0 Å². The zero-order valence-electron chi connectivity index (χ0n) is 13.2. The Morgan fingerprint density at radius 2 is 2.29 bits per heavy atom. The molecule has 0 radical (unpaired) electrons.